The van der Waals surface area contributed by atoms with E-state index in [1.807, 2.05) is 30.3 Å². The van der Waals surface area contributed by atoms with Crippen molar-refractivity contribution in [2.75, 3.05) is 20.3 Å². The number of esters is 2. The molecule has 29 heavy (non-hydrogen) atoms. The van der Waals surface area contributed by atoms with Crippen LogP contribution in [0, 0.1) is 3.57 Å². The van der Waals surface area contributed by atoms with E-state index in [0.717, 1.165) is 5.56 Å². The van der Waals surface area contributed by atoms with Gasteiger partial charge in [0.05, 0.1) is 17.3 Å². The Kier molecular flexibility index (Phi) is 6.86. The van der Waals surface area contributed by atoms with Gasteiger partial charge in [-0.05, 0) is 65.4 Å². The van der Waals surface area contributed by atoms with Crippen LogP contribution in [0.2, 0.25) is 0 Å². The number of aliphatic imine (C=N–C) groups is 1. The highest BCUT2D eigenvalue weighted by atomic mass is 127. The quantitative estimate of drug-likeness (QED) is 0.324. The van der Waals surface area contributed by atoms with Crippen molar-refractivity contribution in [3.05, 3.63) is 62.9 Å². The first-order chi connectivity index (χ1) is 14.0. The van der Waals surface area contributed by atoms with Crippen LogP contribution < -0.4 is 9.47 Å². The molecule has 0 bridgehead atoms. The third-order valence-corrected chi connectivity index (χ3v) is 4.64. The molecule has 0 radical (unpaired) electrons. The molecule has 3 rings (SSSR count). The van der Waals surface area contributed by atoms with Gasteiger partial charge in [-0.3, -0.25) is 0 Å². The van der Waals surface area contributed by atoms with Crippen molar-refractivity contribution >= 4 is 46.5 Å². The summed E-state index contributed by atoms with van der Waals surface area (Å²) in [5.41, 5.74) is 1.58. The fourth-order valence-electron chi connectivity index (χ4n) is 2.57. The number of halogens is 1. The molecule has 0 unspecified atom stereocenters. The topological polar surface area (TPSA) is 83.4 Å². The molecule has 2 aromatic rings. The second-order valence-electron chi connectivity index (χ2n) is 5.83. The average molecular weight is 507 g/mol. The van der Waals surface area contributed by atoms with Crippen LogP contribution in [-0.4, -0.2) is 38.2 Å². The van der Waals surface area contributed by atoms with Crippen LogP contribution in [0.4, 0.5) is 0 Å². The molecule has 0 saturated carbocycles. The van der Waals surface area contributed by atoms with Gasteiger partial charge in [0.1, 0.15) is 0 Å². The fourth-order valence-corrected chi connectivity index (χ4v) is 3.35. The van der Waals surface area contributed by atoms with Gasteiger partial charge in [0.15, 0.2) is 23.8 Å². The van der Waals surface area contributed by atoms with Crippen molar-refractivity contribution in [3.8, 4) is 11.5 Å². The summed E-state index contributed by atoms with van der Waals surface area (Å²) >= 11 is 2.07. The molecule has 2 aromatic carbocycles. The van der Waals surface area contributed by atoms with Gasteiger partial charge in [0.2, 0.25) is 5.90 Å². The number of cyclic esters (lactones) is 1. The lowest BCUT2D eigenvalue weighted by atomic mass is 10.1. The average Bonchev–Trinajstić information content (AvgIpc) is 3.08. The molecule has 7 nitrogen and oxygen atoms in total. The molecule has 1 heterocycles. The Morgan fingerprint density at radius 2 is 2.00 bits per heavy atom. The van der Waals surface area contributed by atoms with Crippen LogP contribution in [-0.2, 0) is 19.1 Å². The van der Waals surface area contributed by atoms with Crippen LogP contribution in [0.25, 0.3) is 6.08 Å². The number of benzene rings is 2. The van der Waals surface area contributed by atoms with Crippen LogP contribution in [0.15, 0.2) is 53.2 Å². The Morgan fingerprint density at radius 1 is 1.24 bits per heavy atom. The maximum absolute atomic E-state index is 12.2. The summed E-state index contributed by atoms with van der Waals surface area (Å²) in [5, 5.41) is 0. The first-order valence-electron chi connectivity index (χ1n) is 8.75. The van der Waals surface area contributed by atoms with Crippen molar-refractivity contribution in [2.45, 2.75) is 6.92 Å². The standard InChI is InChI=1S/C21H18INO6/c1-3-27-18(24)12-28-19-15(22)9-13(11-17(19)26-2)10-16-21(25)29-20(23-16)14-7-5-4-6-8-14/h4-11H,3,12H2,1-2H3/b16-10-. The lowest BCUT2D eigenvalue weighted by Gasteiger charge is -2.13. The van der Waals surface area contributed by atoms with Crippen LogP contribution in [0.1, 0.15) is 18.1 Å². The van der Waals surface area contributed by atoms with E-state index in [9.17, 15) is 9.59 Å². The highest BCUT2D eigenvalue weighted by molar-refractivity contribution is 14.1. The van der Waals surface area contributed by atoms with Gasteiger partial charge in [-0.1, -0.05) is 18.2 Å². The SMILES string of the molecule is CCOC(=O)COc1c(I)cc(/C=C2\N=C(c3ccccc3)OC2=O)cc1OC. The van der Waals surface area contributed by atoms with Crippen molar-refractivity contribution in [1.82, 2.24) is 0 Å². The largest absolute Gasteiger partial charge is 0.493 e. The van der Waals surface area contributed by atoms with E-state index >= 15 is 0 Å². The zero-order chi connectivity index (χ0) is 20.8. The van der Waals surface area contributed by atoms with Crippen molar-refractivity contribution in [2.24, 2.45) is 4.99 Å². The van der Waals surface area contributed by atoms with Gasteiger partial charge >= 0.3 is 11.9 Å². The summed E-state index contributed by atoms with van der Waals surface area (Å²) < 4.78 is 21.8. The summed E-state index contributed by atoms with van der Waals surface area (Å²) in [6.07, 6.45) is 1.61. The van der Waals surface area contributed by atoms with Gasteiger partial charge < -0.3 is 18.9 Å². The van der Waals surface area contributed by atoms with E-state index < -0.39 is 11.9 Å². The highest BCUT2D eigenvalue weighted by Crippen LogP contribution is 2.35. The zero-order valence-electron chi connectivity index (χ0n) is 15.8. The number of hydrogen-bond acceptors (Lipinski definition) is 7. The third kappa shape index (κ3) is 5.14. The molecule has 1 aliphatic rings. The number of carbonyl (C=O) groups excluding carboxylic acids is 2. The molecule has 0 amide bonds. The molecule has 0 atom stereocenters. The molecule has 0 fully saturated rings. The molecule has 0 spiro atoms. The molecule has 150 valence electrons. The molecule has 8 heteroatoms. The maximum Gasteiger partial charge on any atom is 0.363 e. The van der Waals surface area contributed by atoms with E-state index in [-0.39, 0.29) is 24.8 Å². The number of methoxy groups -OCH3 is 1. The Bertz CT molecular complexity index is 984. The minimum atomic E-state index is -0.527. The number of hydrogen-bond donors (Lipinski definition) is 0. The van der Waals surface area contributed by atoms with E-state index in [1.54, 1.807) is 25.1 Å². The normalized spacial score (nSPS) is 14.4. The van der Waals surface area contributed by atoms with Gasteiger partial charge in [-0.2, -0.15) is 0 Å². The summed E-state index contributed by atoms with van der Waals surface area (Å²) in [4.78, 5) is 28.0. The Labute approximate surface area is 181 Å². The predicted octanol–water partition coefficient (Wildman–Crippen LogP) is 3.59. The Hall–Kier alpha value is -2.88. The molecular weight excluding hydrogens is 489 g/mol. The molecule has 1 aliphatic heterocycles. The van der Waals surface area contributed by atoms with Gasteiger partial charge in [0.25, 0.3) is 0 Å². The van der Waals surface area contributed by atoms with Crippen LogP contribution in [0.5, 0.6) is 11.5 Å². The smallest absolute Gasteiger partial charge is 0.363 e. The highest BCUT2D eigenvalue weighted by Gasteiger charge is 2.24. The molecule has 0 saturated heterocycles. The second kappa shape index (κ2) is 9.55. The lowest BCUT2D eigenvalue weighted by Crippen LogP contribution is -2.15. The third-order valence-electron chi connectivity index (χ3n) is 3.84. The zero-order valence-corrected chi connectivity index (χ0v) is 18.0. The fraction of sp³-hybridized carbons (Fsp3) is 0.190. The summed E-state index contributed by atoms with van der Waals surface area (Å²) in [5.74, 6) is 0.115. The van der Waals surface area contributed by atoms with Crippen LogP contribution in [0.3, 0.4) is 0 Å². The monoisotopic (exact) mass is 507 g/mol. The summed E-state index contributed by atoms with van der Waals surface area (Å²) in [6, 6.07) is 12.7. The number of ether oxygens (including phenoxy) is 4. The van der Waals surface area contributed by atoms with E-state index in [1.165, 1.54) is 7.11 Å². The van der Waals surface area contributed by atoms with E-state index in [0.29, 0.717) is 20.6 Å². The lowest BCUT2D eigenvalue weighted by molar-refractivity contribution is -0.145. The summed E-state index contributed by atoms with van der Waals surface area (Å²) in [6.45, 7) is 1.78. The Morgan fingerprint density at radius 3 is 2.69 bits per heavy atom. The molecule has 0 aliphatic carbocycles. The maximum atomic E-state index is 12.2. The van der Waals surface area contributed by atoms with Gasteiger partial charge in [-0.15, -0.1) is 0 Å². The number of rotatable bonds is 7. The van der Waals surface area contributed by atoms with E-state index in [4.69, 9.17) is 18.9 Å². The van der Waals surface area contributed by atoms with Crippen molar-refractivity contribution in [1.29, 1.82) is 0 Å². The predicted molar refractivity (Wildman–Crippen MR) is 115 cm³/mol. The minimum Gasteiger partial charge on any atom is -0.493 e. The first-order valence-corrected chi connectivity index (χ1v) is 9.83. The molecular formula is C21H18INO6. The molecule has 0 aromatic heterocycles. The summed E-state index contributed by atoms with van der Waals surface area (Å²) in [7, 11) is 1.50. The second-order valence-corrected chi connectivity index (χ2v) is 6.99. The van der Waals surface area contributed by atoms with Crippen molar-refractivity contribution in [3.63, 3.8) is 0 Å². The molecule has 0 N–H and O–H groups in total. The number of nitrogens with zero attached hydrogens (tertiary/aromatic N) is 1. The van der Waals surface area contributed by atoms with Gasteiger partial charge in [0, 0.05) is 5.56 Å². The first kappa shape index (κ1) is 20.8. The Balaban J connectivity index is 1.86. The number of carbonyl (C=O) groups is 2. The van der Waals surface area contributed by atoms with E-state index in [2.05, 4.69) is 27.6 Å². The van der Waals surface area contributed by atoms with Crippen molar-refractivity contribution < 1.29 is 28.5 Å². The van der Waals surface area contributed by atoms with Crippen LogP contribution >= 0.6 is 22.6 Å². The van der Waals surface area contributed by atoms with Gasteiger partial charge in [-0.25, -0.2) is 14.6 Å². The minimum absolute atomic E-state index is 0.182.